The summed E-state index contributed by atoms with van der Waals surface area (Å²) in [6.07, 6.45) is 5.58. The Kier molecular flexibility index (Phi) is 7.70. The Morgan fingerprint density at radius 1 is 1.03 bits per heavy atom. The van der Waals surface area contributed by atoms with Gasteiger partial charge >= 0.3 is 0 Å². The van der Waals surface area contributed by atoms with Crippen molar-refractivity contribution in [3.63, 3.8) is 0 Å². The minimum Gasteiger partial charge on any atom is -0.345 e. The minimum atomic E-state index is -0.0683. The smallest absolute Gasteiger partial charge is 0.239 e. The van der Waals surface area contributed by atoms with E-state index in [9.17, 15) is 9.59 Å². The molecule has 0 aromatic heterocycles. The maximum absolute atomic E-state index is 13.2. The summed E-state index contributed by atoms with van der Waals surface area (Å²) in [7, 11) is 1.91. The van der Waals surface area contributed by atoms with E-state index in [2.05, 4.69) is 24.0 Å². The van der Waals surface area contributed by atoms with Gasteiger partial charge in [-0.3, -0.25) is 14.5 Å². The van der Waals surface area contributed by atoms with Crippen LogP contribution in [0, 0.1) is 5.92 Å². The number of amides is 2. The highest BCUT2D eigenvalue weighted by Gasteiger charge is 2.38. The van der Waals surface area contributed by atoms with Crippen LogP contribution in [-0.2, 0) is 9.59 Å². The highest BCUT2D eigenvalue weighted by molar-refractivity contribution is 5.84. The van der Waals surface area contributed by atoms with Crippen LogP contribution in [-0.4, -0.2) is 72.3 Å². The predicted octanol–water partition coefficient (Wildman–Crippen LogP) is 3.36. The summed E-state index contributed by atoms with van der Waals surface area (Å²) in [4.78, 5) is 32.5. The van der Waals surface area contributed by atoms with E-state index in [0.717, 1.165) is 44.5 Å². The zero-order valence-electron chi connectivity index (χ0n) is 18.3. The number of nitrogens with zero attached hydrogens (tertiary/aromatic N) is 3. The van der Waals surface area contributed by atoms with Crippen LogP contribution in [0.5, 0.6) is 0 Å². The van der Waals surface area contributed by atoms with Crippen molar-refractivity contribution < 1.29 is 9.59 Å². The molecule has 5 nitrogen and oxygen atoms in total. The van der Waals surface area contributed by atoms with Gasteiger partial charge in [0.2, 0.25) is 11.8 Å². The molecular weight excluding hydrogens is 362 g/mol. The van der Waals surface area contributed by atoms with Gasteiger partial charge in [0.25, 0.3) is 0 Å². The van der Waals surface area contributed by atoms with Gasteiger partial charge in [-0.05, 0) is 37.7 Å². The molecule has 0 spiro atoms. The van der Waals surface area contributed by atoms with E-state index >= 15 is 0 Å². The number of carbonyl (C=O) groups is 2. The summed E-state index contributed by atoms with van der Waals surface area (Å²) < 4.78 is 0. The molecular formula is C24H37N3O2. The highest BCUT2D eigenvalue weighted by atomic mass is 16.2. The average Bonchev–Trinajstić information content (AvgIpc) is 3.29. The van der Waals surface area contributed by atoms with E-state index in [0.29, 0.717) is 19.0 Å². The van der Waals surface area contributed by atoms with E-state index in [4.69, 9.17) is 0 Å². The molecule has 1 saturated heterocycles. The van der Waals surface area contributed by atoms with Crippen LogP contribution in [0.4, 0.5) is 0 Å². The molecule has 160 valence electrons. The van der Waals surface area contributed by atoms with E-state index in [1.165, 1.54) is 12.8 Å². The van der Waals surface area contributed by atoms with Crippen LogP contribution in [0.2, 0.25) is 0 Å². The van der Waals surface area contributed by atoms with Crippen LogP contribution < -0.4 is 0 Å². The molecule has 3 rings (SSSR count). The number of rotatable bonds is 7. The molecule has 1 saturated carbocycles. The van der Waals surface area contributed by atoms with Crippen molar-refractivity contribution in [3.05, 3.63) is 35.9 Å². The molecule has 2 unspecified atom stereocenters. The lowest BCUT2D eigenvalue weighted by Crippen LogP contribution is -2.58. The first-order valence-corrected chi connectivity index (χ1v) is 11.4. The molecule has 1 heterocycles. The SMILES string of the molecule is CCC(C(=O)N1CCN(C(C(=O)N(C)CC)C2CCCC2)CC1)c1ccccc1. The van der Waals surface area contributed by atoms with Crippen LogP contribution in [0.1, 0.15) is 57.4 Å². The molecule has 1 aliphatic heterocycles. The fraction of sp³-hybridized carbons (Fsp3) is 0.667. The van der Waals surface area contributed by atoms with Crippen LogP contribution >= 0.6 is 0 Å². The number of benzene rings is 1. The van der Waals surface area contributed by atoms with Gasteiger partial charge in [0, 0.05) is 39.8 Å². The molecule has 2 fully saturated rings. The Labute approximate surface area is 176 Å². The predicted molar refractivity (Wildman–Crippen MR) is 117 cm³/mol. The number of carbonyl (C=O) groups excluding carboxylic acids is 2. The second-order valence-corrected chi connectivity index (χ2v) is 8.57. The molecule has 1 aromatic carbocycles. The van der Waals surface area contributed by atoms with Crippen LogP contribution in [0.25, 0.3) is 0 Å². The molecule has 5 heteroatoms. The fourth-order valence-corrected chi connectivity index (χ4v) is 4.99. The Hall–Kier alpha value is -1.88. The largest absolute Gasteiger partial charge is 0.345 e. The maximum Gasteiger partial charge on any atom is 0.239 e. The summed E-state index contributed by atoms with van der Waals surface area (Å²) in [5.74, 6) is 0.885. The van der Waals surface area contributed by atoms with E-state index in [-0.39, 0.29) is 23.8 Å². The minimum absolute atomic E-state index is 0.0178. The number of piperazine rings is 1. The summed E-state index contributed by atoms with van der Waals surface area (Å²) in [5, 5.41) is 0. The lowest BCUT2D eigenvalue weighted by molar-refractivity contribution is -0.140. The topological polar surface area (TPSA) is 43.9 Å². The first-order valence-electron chi connectivity index (χ1n) is 11.4. The molecule has 2 aliphatic rings. The second-order valence-electron chi connectivity index (χ2n) is 8.57. The first-order chi connectivity index (χ1) is 14.1. The standard InChI is InChI=1S/C24H37N3O2/c1-4-21(19-11-7-6-8-12-19)23(28)27-17-15-26(16-18-27)22(20-13-9-10-14-20)24(29)25(3)5-2/h6-8,11-12,20-22H,4-5,9-10,13-18H2,1-3H3. The zero-order chi connectivity index (χ0) is 20.8. The van der Waals surface area contributed by atoms with Gasteiger partial charge in [0.15, 0.2) is 0 Å². The van der Waals surface area contributed by atoms with Crippen molar-refractivity contribution in [1.29, 1.82) is 0 Å². The molecule has 0 radical (unpaired) electrons. The highest BCUT2D eigenvalue weighted by Crippen LogP contribution is 2.32. The van der Waals surface area contributed by atoms with Gasteiger partial charge in [-0.25, -0.2) is 0 Å². The molecule has 29 heavy (non-hydrogen) atoms. The maximum atomic E-state index is 13.2. The van der Waals surface area contributed by atoms with Gasteiger partial charge < -0.3 is 9.80 Å². The van der Waals surface area contributed by atoms with Crippen molar-refractivity contribution in [3.8, 4) is 0 Å². The average molecular weight is 400 g/mol. The van der Waals surface area contributed by atoms with E-state index in [1.54, 1.807) is 0 Å². The Morgan fingerprint density at radius 2 is 1.66 bits per heavy atom. The Morgan fingerprint density at radius 3 is 2.21 bits per heavy atom. The van der Waals surface area contributed by atoms with Crippen molar-refractivity contribution in [2.75, 3.05) is 39.8 Å². The summed E-state index contributed by atoms with van der Waals surface area (Å²) in [6.45, 7) is 7.89. The third-order valence-corrected chi connectivity index (χ3v) is 6.88. The summed E-state index contributed by atoms with van der Waals surface area (Å²) >= 11 is 0. The molecule has 0 bridgehead atoms. The zero-order valence-corrected chi connectivity index (χ0v) is 18.3. The van der Waals surface area contributed by atoms with Crippen LogP contribution in [0.3, 0.4) is 0 Å². The van der Waals surface area contributed by atoms with Gasteiger partial charge in [0.05, 0.1) is 12.0 Å². The van der Waals surface area contributed by atoms with Gasteiger partial charge in [-0.15, -0.1) is 0 Å². The summed E-state index contributed by atoms with van der Waals surface area (Å²) in [5.41, 5.74) is 1.10. The third kappa shape index (κ3) is 5.00. The van der Waals surface area contributed by atoms with Crippen molar-refractivity contribution in [2.45, 2.75) is 57.9 Å². The van der Waals surface area contributed by atoms with Gasteiger partial charge in [-0.2, -0.15) is 0 Å². The first kappa shape index (κ1) is 21.8. The lowest BCUT2D eigenvalue weighted by Gasteiger charge is -2.42. The Bertz CT molecular complexity index is 664. The van der Waals surface area contributed by atoms with Crippen molar-refractivity contribution in [1.82, 2.24) is 14.7 Å². The quantitative estimate of drug-likeness (QED) is 0.706. The van der Waals surface area contributed by atoms with Gasteiger partial charge in [-0.1, -0.05) is 50.1 Å². The molecule has 1 aliphatic carbocycles. The number of hydrogen-bond acceptors (Lipinski definition) is 3. The fourth-order valence-electron chi connectivity index (χ4n) is 4.99. The van der Waals surface area contributed by atoms with E-state index < -0.39 is 0 Å². The second kappa shape index (κ2) is 10.2. The summed E-state index contributed by atoms with van der Waals surface area (Å²) in [6, 6.07) is 10.1. The molecule has 0 N–H and O–H groups in total. The lowest BCUT2D eigenvalue weighted by atomic mass is 9.93. The monoisotopic (exact) mass is 399 g/mol. The normalized spacial score (nSPS) is 20.4. The van der Waals surface area contributed by atoms with E-state index in [1.807, 2.05) is 42.0 Å². The third-order valence-electron chi connectivity index (χ3n) is 6.88. The molecule has 2 amide bonds. The van der Waals surface area contributed by atoms with Crippen LogP contribution in [0.15, 0.2) is 30.3 Å². The van der Waals surface area contributed by atoms with Crippen molar-refractivity contribution >= 4 is 11.8 Å². The molecule has 2 atom stereocenters. The number of hydrogen-bond donors (Lipinski definition) is 0. The molecule has 1 aromatic rings. The van der Waals surface area contributed by atoms with Crippen molar-refractivity contribution in [2.24, 2.45) is 5.92 Å². The Balaban J connectivity index is 1.65. The van der Waals surface area contributed by atoms with Gasteiger partial charge in [0.1, 0.15) is 0 Å². The number of likely N-dealkylation sites (N-methyl/N-ethyl adjacent to an activating group) is 1.